The number of nitrogens with two attached hydrogens (primary N) is 1. The van der Waals surface area contributed by atoms with Crippen LogP contribution in [0.15, 0.2) is 29.2 Å². The molecule has 1 aromatic carbocycles. The van der Waals surface area contributed by atoms with Gasteiger partial charge < -0.3 is 11.1 Å². The van der Waals surface area contributed by atoms with E-state index in [1.54, 1.807) is 0 Å². The normalized spacial score (nSPS) is 15.3. The highest BCUT2D eigenvalue weighted by Crippen LogP contribution is 2.20. The van der Waals surface area contributed by atoms with E-state index >= 15 is 0 Å². The largest absolute Gasteiger partial charge is 0.383 e. The molecule has 0 saturated carbocycles. The molecule has 0 aromatic heterocycles. The second kappa shape index (κ2) is 6.29. The van der Waals surface area contributed by atoms with Crippen LogP contribution in [0, 0.1) is 0 Å². The molecular weight excluding hydrogens is 274 g/mol. The minimum Gasteiger partial charge on any atom is -0.383 e. The molecule has 0 heterocycles. The summed E-state index contributed by atoms with van der Waals surface area (Å²) in [5.41, 5.74) is 6.33. The van der Waals surface area contributed by atoms with Crippen molar-refractivity contribution in [1.29, 1.82) is 0 Å². The fourth-order valence-electron chi connectivity index (χ4n) is 1.74. The fourth-order valence-corrected chi connectivity index (χ4v) is 2.47. The Kier molecular flexibility index (Phi) is 5.25. The summed E-state index contributed by atoms with van der Waals surface area (Å²) in [5, 5.41) is 3.12. The SMILES string of the molecule is CC(N)CC(C)Nc1ccc(S(=O)(=O)C(F)F)cc1. The Morgan fingerprint density at radius 3 is 2.16 bits per heavy atom. The van der Waals surface area contributed by atoms with E-state index < -0.39 is 15.6 Å². The van der Waals surface area contributed by atoms with Crippen LogP contribution in [-0.2, 0) is 9.84 Å². The van der Waals surface area contributed by atoms with E-state index in [4.69, 9.17) is 5.73 Å². The number of nitrogens with one attached hydrogen (secondary N) is 1. The van der Waals surface area contributed by atoms with Crippen LogP contribution in [0.3, 0.4) is 0 Å². The highest BCUT2D eigenvalue weighted by molar-refractivity contribution is 7.91. The molecule has 3 N–H and O–H groups in total. The number of hydrogen-bond acceptors (Lipinski definition) is 4. The van der Waals surface area contributed by atoms with Crippen LogP contribution in [0.25, 0.3) is 0 Å². The van der Waals surface area contributed by atoms with Gasteiger partial charge in [0.15, 0.2) is 0 Å². The fraction of sp³-hybridized carbons (Fsp3) is 0.500. The minimum atomic E-state index is -4.52. The van der Waals surface area contributed by atoms with Gasteiger partial charge in [0, 0.05) is 17.8 Å². The van der Waals surface area contributed by atoms with E-state index in [2.05, 4.69) is 5.32 Å². The topological polar surface area (TPSA) is 72.2 Å². The van der Waals surface area contributed by atoms with Crippen LogP contribution in [0.4, 0.5) is 14.5 Å². The van der Waals surface area contributed by atoms with Crippen LogP contribution in [0.5, 0.6) is 0 Å². The molecule has 1 aromatic rings. The van der Waals surface area contributed by atoms with Crippen LogP contribution in [0.1, 0.15) is 20.3 Å². The maximum absolute atomic E-state index is 12.3. The molecule has 7 heteroatoms. The number of hydrogen-bond donors (Lipinski definition) is 2. The molecule has 0 aliphatic heterocycles. The third-order valence-electron chi connectivity index (χ3n) is 2.56. The van der Waals surface area contributed by atoms with Gasteiger partial charge in [-0.1, -0.05) is 0 Å². The minimum absolute atomic E-state index is 0.0426. The van der Waals surface area contributed by atoms with E-state index in [0.717, 1.165) is 6.42 Å². The maximum atomic E-state index is 12.3. The summed E-state index contributed by atoms with van der Waals surface area (Å²) in [4.78, 5) is -0.382. The van der Waals surface area contributed by atoms with Gasteiger partial charge in [0.1, 0.15) is 0 Å². The highest BCUT2D eigenvalue weighted by atomic mass is 32.2. The van der Waals surface area contributed by atoms with E-state index in [9.17, 15) is 17.2 Å². The smallest absolute Gasteiger partial charge is 0.341 e. The molecule has 0 spiro atoms. The zero-order chi connectivity index (χ0) is 14.6. The highest BCUT2D eigenvalue weighted by Gasteiger charge is 2.26. The molecule has 0 amide bonds. The molecular formula is C12H18F2N2O2S. The summed E-state index contributed by atoms with van der Waals surface area (Å²) in [6.45, 7) is 3.82. The summed E-state index contributed by atoms with van der Waals surface area (Å²) in [7, 11) is -4.52. The molecule has 0 saturated heterocycles. The average molecular weight is 292 g/mol. The Bertz CT molecular complexity index is 501. The summed E-state index contributed by atoms with van der Waals surface area (Å²) >= 11 is 0. The van der Waals surface area contributed by atoms with Crippen molar-refractivity contribution in [2.45, 2.75) is 43.0 Å². The molecule has 0 aliphatic carbocycles. The standard InChI is InChI=1S/C12H18F2N2O2S/c1-8(15)7-9(2)16-10-3-5-11(6-4-10)19(17,18)12(13)14/h3-6,8-9,12,16H,7,15H2,1-2H3. The van der Waals surface area contributed by atoms with Gasteiger partial charge in [-0.2, -0.15) is 8.78 Å². The van der Waals surface area contributed by atoms with Gasteiger partial charge in [-0.05, 0) is 44.5 Å². The van der Waals surface area contributed by atoms with Crippen molar-refractivity contribution in [3.8, 4) is 0 Å². The molecule has 19 heavy (non-hydrogen) atoms. The maximum Gasteiger partial charge on any atom is 0.341 e. The van der Waals surface area contributed by atoms with Crippen LogP contribution in [0.2, 0.25) is 0 Å². The van der Waals surface area contributed by atoms with Crippen molar-refractivity contribution in [3.63, 3.8) is 0 Å². The molecule has 4 nitrogen and oxygen atoms in total. The number of benzene rings is 1. The Balaban J connectivity index is 2.78. The molecule has 1 rings (SSSR count). The lowest BCUT2D eigenvalue weighted by Gasteiger charge is -2.17. The van der Waals surface area contributed by atoms with Crippen molar-refractivity contribution in [2.75, 3.05) is 5.32 Å². The van der Waals surface area contributed by atoms with E-state index in [-0.39, 0.29) is 17.0 Å². The Hall–Kier alpha value is -1.21. The molecule has 2 atom stereocenters. The van der Waals surface area contributed by atoms with E-state index in [1.165, 1.54) is 24.3 Å². The monoisotopic (exact) mass is 292 g/mol. The van der Waals surface area contributed by atoms with Crippen molar-refractivity contribution in [1.82, 2.24) is 0 Å². The Morgan fingerprint density at radius 2 is 1.74 bits per heavy atom. The Morgan fingerprint density at radius 1 is 1.21 bits per heavy atom. The first-order valence-corrected chi connectivity index (χ1v) is 7.42. The Labute approximate surface area is 111 Å². The lowest BCUT2D eigenvalue weighted by molar-refractivity contribution is 0.234. The molecule has 0 bridgehead atoms. The first-order valence-electron chi connectivity index (χ1n) is 5.87. The second-order valence-corrected chi connectivity index (χ2v) is 6.51. The van der Waals surface area contributed by atoms with Gasteiger partial charge >= 0.3 is 5.76 Å². The number of anilines is 1. The zero-order valence-corrected chi connectivity index (χ0v) is 11.6. The van der Waals surface area contributed by atoms with Crippen LogP contribution in [-0.4, -0.2) is 26.3 Å². The molecule has 2 unspecified atom stereocenters. The quantitative estimate of drug-likeness (QED) is 0.843. The van der Waals surface area contributed by atoms with Gasteiger partial charge in [-0.15, -0.1) is 0 Å². The molecule has 0 fully saturated rings. The number of sulfone groups is 1. The number of rotatable bonds is 6. The third kappa shape index (κ3) is 4.43. The first kappa shape index (κ1) is 15.8. The van der Waals surface area contributed by atoms with Gasteiger partial charge in [0.25, 0.3) is 0 Å². The van der Waals surface area contributed by atoms with Crippen LogP contribution >= 0.6 is 0 Å². The van der Waals surface area contributed by atoms with Crippen molar-refractivity contribution in [3.05, 3.63) is 24.3 Å². The third-order valence-corrected chi connectivity index (χ3v) is 3.95. The molecule has 0 aliphatic rings. The van der Waals surface area contributed by atoms with Crippen molar-refractivity contribution < 1.29 is 17.2 Å². The van der Waals surface area contributed by atoms with Crippen LogP contribution < -0.4 is 11.1 Å². The van der Waals surface area contributed by atoms with E-state index in [0.29, 0.717) is 5.69 Å². The number of halogens is 2. The average Bonchev–Trinajstić information content (AvgIpc) is 2.28. The lowest BCUT2D eigenvalue weighted by atomic mass is 10.1. The molecule has 0 radical (unpaired) electrons. The van der Waals surface area contributed by atoms with Crippen molar-refractivity contribution >= 4 is 15.5 Å². The summed E-state index contributed by atoms with van der Waals surface area (Å²) in [6, 6.07) is 5.42. The predicted octanol–water partition coefficient (Wildman–Crippen LogP) is 2.22. The summed E-state index contributed by atoms with van der Waals surface area (Å²) in [6.07, 6.45) is 0.747. The second-order valence-electron chi connectivity index (χ2n) is 4.59. The zero-order valence-electron chi connectivity index (χ0n) is 10.8. The first-order chi connectivity index (χ1) is 8.73. The summed E-state index contributed by atoms with van der Waals surface area (Å²) < 4.78 is 47.1. The molecule has 108 valence electrons. The number of alkyl halides is 2. The summed E-state index contributed by atoms with van der Waals surface area (Å²) in [5.74, 6) is -3.40. The van der Waals surface area contributed by atoms with Crippen molar-refractivity contribution in [2.24, 2.45) is 5.73 Å². The van der Waals surface area contributed by atoms with E-state index in [1.807, 2.05) is 13.8 Å². The van der Waals surface area contributed by atoms with Gasteiger partial charge in [0.05, 0.1) is 4.90 Å². The lowest BCUT2D eigenvalue weighted by Crippen LogP contribution is -2.26. The van der Waals surface area contributed by atoms with Gasteiger partial charge in [-0.3, -0.25) is 0 Å². The van der Waals surface area contributed by atoms with Gasteiger partial charge in [-0.25, -0.2) is 8.42 Å². The predicted molar refractivity (Wildman–Crippen MR) is 71.0 cm³/mol. The van der Waals surface area contributed by atoms with Gasteiger partial charge in [0.2, 0.25) is 9.84 Å².